The van der Waals surface area contributed by atoms with Crippen LogP contribution in [-0.4, -0.2) is 18.6 Å². The van der Waals surface area contributed by atoms with Gasteiger partial charge in [0, 0.05) is 13.1 Å². The topological polar surface area (TPSA) is 46.2 Å². The Balaban J connectivity index is 2.34. The van der Waals surface area contributed by atoms with Crippen molar-refractivity contribution in [3.8, 4) is 5.75 Å². The lowest BCUT2D eigenvalue weighted by Gasteiger charge is -2.13. The summed E-state index contributed by atoms with van der Waals surface area (Å²) in [6, 6.07) is 6.35. The SMILES string of the molecule is CNc1nc(Nc2ccccc2OC(F)F)c(F)cc1F. The second kappa shape index (κ2) is 6.29. The average Bonchev–Trinajstić information content (AvgIpc) is 2.43. The lowest BCUT2D eigenvalue weighted by molar-refractivity contribution is -0.0493. The van der Waals surface area contributed by atoms with Crippen LogP contribution in [0, 0.1) is 11.6 Å². The zero-order valence-corrected chi connectivity index (χ0v) is 10.8. The lowest BCUT2D eigenvalue weighted by Crippen LogP contribution is -2.07. The molecule has 0 aliphatic carbocycles. The fraction of sp³-hybridized carbons (Fsp3) is 0.154. The first-order valence-corrected chi connectivity index (χ1v) is 5.86. The van der Waals surface area contributed by atoms with Gasteiger partial charge in [0.25, 0.3) is 0 Å². The van der Waals surface area contributed by atoms with E-state index < -0.39 is 18.2 Å². The molecule has 8 heteroatoms. The van der Waals surface area contributed by atoms with Gasteiger partial charge in [-0.15, -0.1) is 0 Å². The van der Waals surface area contributed by atoms with Crippen LogP contribution in [0.5, 0.6) is 5.75 Å². The first-order chi connectivity index (χ1) is 10.0. The number of benzene rings is 1. The highest BCUT2D eigenvalue weighted by Gasteiger charge is 2.14. The molecule has 1 aromatic carbocycles. The maximum absolute atomic E-state index is 13.7. The Morgan fingerprint density at radius 3 is 2.43 bits per heavy atom. The zero-order chi connectivity index (χ0) is 15.4. The average molecular weight is 301 g/mol. The number of para-hydroxylation sites is 2. The van der Waals surface area contributed by atoms with E-state index in [1.807, 2.05) is 0 Å². The molecule has 0 aliphatic rings. The van der Waals surface area contributed by atoms with Gasteiger partial charge in [-0.25, -0.2) is 13.8 Å². The van der Waals surface area contributed by atoms with E-state index in [1.54, 1.807) is 6.07 Å². The van der Waals surface area contributed by atoms with Crippen LogP contribution in [0.4, 0.5) is 34.9 Å². The maximum atomic E-state index is 13.7. The van der Waals surface area contributed by atoms with Gasteiger partial charge in [0.2, 0.25) is 0 Å². The van der Waals surface area contributed by atoms with Crippen molar-refractivity contribution >= 4 is 17.3 Å². The molecule has 0 atom stereocenters. The number of anilines is 3. The summed E-state index contributed by atoms with van der Waals surface area (Å²) < 4.78 is 55.9. The van der Waals surface area contributed by atoms with E-state index in [2.05, 4.69) is 20.4 Å². The van der Waals surface area contributed by atoms with Gasteiger partial charge in [-0.1, -0.05) is 12.1 Å². The van der Waals surface area contributed by atoms with E-state index in [-0.39, 0.29) is 23.1 Å². The summed E-state index contributed by atoms with van der Waals surface area (Å²) in [5.74, 6) is -2.49. The Labute approximate surface area is 117 Å². The number of aromatic nitrogens is 1. The van der Waals surface area contributed by atoms with Crippen LogP contribution in [0.3, 0.4) is 0 Å². The molecule has 0 unspecified atom stereocenters. The molecule has 1 aromatic heterocycles. The summed E-state index contributed by atoms with van der Waals surface area (Å²) in [6.07, 6.45) is 0. The first kappa shape index (κ1) is 14.9. The van der Waals surface area contributed by atoms with Crippen molar-refractivity contribution < 1.29 is 22.3 Å². The highest BCUT2D eigenvalue weighted by Crippen LogP contribution is 2.30. The second-order valence-electron chi connectivity index (χ2n) is 3.90. The van der Waals surface area contributed by atoms with Crippen LogP contribution < -0.4 is 15.4 Å². The summed E-state index contributed by atoms with van der Waals surface area (Å²) >= 11 is 0. The normalized spacial score (nSPS) is 10.6. The van der Waals surface area contributed by atoms with Gasteiger partial charge in [0.15, 0.2) is 23.3 Å². The number of rotatable bonds is 5. The van der Waals surface area contributed by atoms with Gasteiger partial charge in [-0.2, -0.15) is 8.78 Å². The van der Waals surface area contributed by atoms with Crippen LogP contribution in [0.15, 0.2) is 30.3 Å². The highest BCUT2D eigenvalue weighted by atomic mass is 19.3. The standard InChI is InChI=1S/C13H11F4N3O/c1-18-11-7(14)6-8(15)12(20-11)19-9-4-2-3-5-10(9)21-13(16)17/h2-6,13H,1H3,(H2,18,19,20). The number of hydrogen-bond acceptors (Lipinski definition) is 4. The minimum atomic E-state index is -3.02. The summed E-state index contributed by atoms with van der Waals surface area (Å²) in [6.45, 7) is -3.02. The molecule has 2 N–H and O–H groups in total. The fourth-order valence-corrected chi connectivity index (χ4v) is 1.63. The summed E-state index contributed by atoms with van der Waals surface area (Å²) in [4.78, 5) is 3.69. The predicted molar refractivity (Wildman–Crippen MR) is 70.1 cm³/mol. The third-order valence-electron chi connectivity index (χ3n) is 2.52. The van der Waals surface area contributed by atoms with Gasteiger partial charge >= 0.3 is 6.61 Å². The Morgan fingerprint density at radius 1 is 1.10 bits per heavy atom. The monoisotopic (exact) mass is 301 g/mol. The molecule has 21 heavy (non-hydrogen) atoms. The van der Waals surface area contributed by atoms with Crippen molar-refractivity contribution in [2.24, 2.45) is 0 Å². The van der Waals surface area contributed by atoms with Crippen LogP contribution in [0.2, 0.25) is 0 Å². The van der Waals surface area contributed by atoms with Crippen LogP contribution in [0.1, 0.15) is 0 Å². The first-order valence-electron chi connectivity index (χ1n) is 5.86. The van der Waals surface area contributed by atoms with Crippen molar-refractivity contribution in [2.45, 2.75) is 6.61 Å². The molecule has 1 heterocycles. The Morgan fingerprint density at radius 2 is 1.76 bits per heavy atom. The number of ether oxygens (including phenoxy) is 1. The number of nitrogens with zero attached hydrogens (tertiary/aromatic N) is 1. The molecule has 4 nitrogen and oxygen atoms in total. The summed E-state index contributed by atoms with van der Waals surface area (Å²) in [7, 11) is 1.42. The number of halogens is 4. The third-order valence-corrected chi connectivity index (χ3v) is 2.52. The second-order valence-corrected chi connectivity index (χ2v) is 3.90. The van der Waals surface area contributed by atoms with E-state index in [0.29, 0.717) is 6.07 Å². The molecular weight excluding hydrogens is 290 g/mol. The zero-order valence-electron chi connectivity index (χ0n) is 10.8. The summed E-state index contributed by atoms with van der Waals surface area (Å²) in [5.41, 5.74) is 0.0814. The van der Waals surface area contributed by atoms with E-state index in [9.17, 15) is 17.6 Å². The predicted octanol–water partition coefficient (Wildman–Crippen LogP) is 3.75. The van der Waals surface area contributed by atoms with Gasteiger partial charge in [0.1, 0.15) is 5.75 Å². The smallest absolute Gasteiger partial charge is 0.387 e. The number of pyridine rings is 1. The molecule has 2 rings (SSSR count). The third kappa shape index (κ3) is 3.53. The molecule has 2 aromatic rings. The highest BCUT2D eigenvalue weighted by molar-refractivity contribution is 5.65. The van der Waals surface area contributed by atoms with Crippen LogP contribution >= 0.6 is 0 Å². The van der Waals surface area contributed by atoms with Crippen molar-refractivity contribution in [2.75, 3.05) is 17.7 Å². The van der Waals surface area contributed by atoms with E-state index in [0.717, 1.165) is 0 Å². The molecule has 0 saturated carbocycles. The minimum absolute atomic E-state index is 0.0814. The molecule has 0 radical (unpaired) electrons. The quantitative estimate of drug-likeness (QED) is 0.826. The molecular formula is C13H11F4N3O. The van der Waals surface area contributed by atoms with Crippen LogP contribution in [-0.2, 0) is 0 Å². The molecule has 112 valence electrons. The van der Waals surface area contributed by atoms with Crippen LogP contribution in [0.25, 0.3) is 0 Å². The largest absolute Gasteiger partial charge is 0.433 e. The Kier molecular flexibility index (Phi) is 4.46. The minimum Gasteiger partial charge on any atom is -0.433 e. The van der Waals surface area contributed by atoms with E-state index in [4.69, 9.17) is 0 Å². The number of nitrogens with one attached hydrogen (secondary N) is 2. The van der Waals surface area contributed by atoms with Gasteiger partial charge in [-0.3, -0.25) is 0 Å². The van der Waals surface area contributed by atoms with E-state index >= 15 is 0 Å². The van der Waals surface area contributed by atoms with Crippen molar-refractivity contribution in [3.63, 3.8) is 0 Å². The molecule has 0 saturated heterocycles. The van der Waals surface area contributed by atoms with E-state index in [1.165, 1.54) is 25.2 Å². The molecule has 0 aliphatic heterocycles. The lowest BCUT2D eigenvalue weighted by atomic mass is 10.3. The molecule has 0 bridgehead atoms. The molecule has 0 amide bonds. The van der Waals surface area contributed by atoms with Gasteiger partial charge in [0.05, 0.1) is 5.69 Å². The van der Waals surface area contributed by atoms with Crippen molar-refractivity contribution in [1.29, 1.82) is 0 Å². The number of hydrogen-bond donors (Lipinski definition) is 2. The van der Waals surface area contributed by atoms with Crippen molar-refractivity contribution in [1.82, 2.24) is 4.98 Å². The van der Waals surface area contributed by atoms with Gasteiger partial charge in [-0.05, 0) is 12.1 Å². The molecule has 0 fully saturated rings. The summed E-state index contributed by atoms with van der Waals surface area (Å²) in [5, 5.41) is 4.95. The Hall–Kier alpha value is -2.51. The Bertz CT molecular complexity index is 637. The van der Waals surface area contributed by atoms with Crippen molar-refractivity contribution in [3.05, 3.63) is 42.0 Å². The number of alkyl halides is 2. The van der Waals surface area contributed by atoms with Gasteiger partial charge < -0.3 is 15.4 Å². The maximum Gasteiger partial charge on any atom is 0.387 e. The fourth-order valence-electron chi connectivity index (χ4n) is 1.63. The molecule has 0 spiro atoms.